The highest BCUT2D eigenvalue weighted by molar-refractivity contribution is 7.89. The molecule has 0 aliphatic heterocycles. The van der Waals surface area contributed by atoms with Crippen LogP contribution < -0.4 is 15.4 Å². The molecule has 2 unspecified atom stereocenters. The highest BCUT2D eigenvalue weighted by Gasteiger charge is 2.28. The zero-order valence-electron chi connectivity index (χ0n) is 15.6. The summed E-state index contributed by atoms with van der Waals surface area (Å²) in [7, 11) is -2.01. The number of amides is 1. The summed E-state index contributed by atoms with van der Waals surface area (Å²) in [6.45, 7) is 5.99. The topological polar surface area (TPSA) is 87.3 Å². The molecule has 1 amide bonds. The maximum Gasteiger partial charge on any atom is 0.241 e. The van der Waals surface area contributed by atoms with Gasteiger partial charge in [0.05, 0.1) is 4.90 Å². The third-order valence-electron chi connectivity index (χ3n) is 4.34. The maximum absolute atomic E-state index is 12.8. The first-order chi connectivity index (χ1) is 12.2. The van der Waals surface area contributed by atoms with Crippen LogP contribution in [-0.4, -0.2) is 40.0 Å². The Kier molecular flexibility index (Phi) is 6.75. The lowest BCUT2D eigenvalue weighted by Gasteiger charge is -2.22. The van der Waals surface area contributed by atoms with E-state index in [1.807, 2.05) is 45.0 Å². The van der Waals surface area contributed by atoms with E-state index in [1.165, 1.54) is 0 Å². The second-order valence-electron chi connectivity index (χ2n) is 6.79. The summed E-state index contributed by atoms with van der Waals surface area (Å²) >= 11 is 0. The molecule has 0 radical (unpaired) electrons. The van der Waals surface area contributed by atoms with Crippen molar-refractivity contribution in [2.24, 2.45) is 5.92 Å². The standard InChI is InChI=1S/C19H27N3O3S/c1-13(2)18(19(23)21-12-14(3)20-4)22-26(24,25)17-10-9-15-7-5-6-8-16(15)11-17/h5-11,13-14,18,20,22H,12H2,1-4H3,(H,21,23). The van der Waals surface area contributed by atoms with Crippen molar-refractivity contribution < 1.29 is 13.2 Å². The van der Waals surface area contributed by atoms with Crippen molar-refractivity contribution in [3.63, 3.8) is 0 Å². The van der Waals surface area contributed by atoms with Crippen LogP contribution in [0.5, 0.6) is 0 Å². The zero-order chi connectivity index (χ0) is 19.3. The molecule has 0 fully saturated rings. The van der Waals surface area contributed by atoms with Gasteiger partial charge in [-0.1, -0.05) is 44.2 Å². The quantitative estimate of drug-likeness (QED) is 0.655. The Labute approximate surface area is 155 Å². The molecule has 142 valence electrons. The van der Waals surface area contributed by atoms with Gasteiger partial charge in [0.1, 0.15) is 6.04 Å². The lowest BCUT2D eigenvalue weighted by molar-refractivity contribution is -0.123. The molecule has 0 aromatic heterocycles. The lowest BCUT2D eigenvalue weighted by atomic mass is 10.1. The van der Waals surface area contributed by atoms with Crippen LogP contribution >= 0.6 is 0 Å². The number of sulfonamides is 1. The van der Waals surface area contributed by atoms with Crippen LogP contribution in [0.15, 0.2) is 47.4 Å². The first-order valence-electron chi connectivity index (χ1n) is 8.70. The molecule has 2 atom stereocenters. The smallest absolute Gasteiger partial charge is 0.241 e. The van der Waals surface area contributed by atoms with Crippen LogP contribution in [0.1, 0.15) is 20.8 Å². The van der Waals surface area contributed by atoms with E-state index >= 15 is 0 Å². The van der Waals surface area contributed by atoms with E-state index < -0.39 is 16.1 Å². The fourth-order valence-electron chi connectivity index (χ4n) is 2.53. The van der Waals surface area contributed by atoms with Gasteiger partial charge < -0.3 is 10.6 Å². The second kappa shape index (κ2) is 8.62. The number of hydrogen-bond acceptors (Lipinski definition) is 4. The van der Waals surface area contributed by atoms with E-state index in [4.69, 9.17) is 0 Å². The number of hydrogen-bond donors (Lipinski definition) is 3. The van der Waals surface area contributed by atoms with Crippen LogP contribution in [0.4, 0.5) is 0 Å². The molecular formula is C19H27N3O3S. The minimum atomic E-state index is -3.81. The highest BCUT2D eigenvalue weighted by Crippen LogP contribution is 2.19. The normalized spacial score (nSPS) is 14.3. The summed E-state index contributed by atoms with van der Waals surface area (Å²) in [6, 6.07) is 11.8. The van der Waals surface area contributed by atoms with E-state index in [2.05, 4.69) is 15.4 Å². The minimum absolute atomic E-state index is 0.101. The van der Waals surface area contributed by atoms with Crippen LogP contribution in [0.3, 0.4) is 0 Å². The first-order valence-corrected chi connectivity index (χ1v) is 10.2. The van der Waals surface area contributed by atoms with Gasteiger partial charge in [-0.15, -0.1) is 0 Å². The molecule has 2 rings (SSSR count). The predicted molar refractivity (Wildman–Crippen MR) is 104 cm³/mol. The van der Waals surface area contributed by atoms with Crippen molar-refractivity contribution in [3.8, 4) is 0 Å². The average Bonchev–Trinajstić information content (AvgIpc) is 2.63. The fraction of sp³-hybridized carbons (Fsp3) is 0.421. The van der Waals surface area contributed by atoms with E-state index in [9.17, 15) is 13.2 Å². The Morgan fingerprint density at radius 2 is 1.69 bits per heavy atom. The second-order valence-corrected chi connectivity index (χ2v) is 8.50. The molecule has 0 aliphatic carbocycles. The third kappa shape index (κ3) is 5.03. The van der Waals surface area contributed by atoms with Gasteiger partial charge in [0.15, 0.2) is 0 Å². The molecule has 2 aromatic rings. The summed E-state index contributed by atoms with van der Waals surface area (Å²) in [5.41, 5.74) is 0. The van der Waals surface area contributed by atoms with Crippen molar-refractivity contribution in [1.29, 1.82) is 0 Å². The molecule has 3 N–H and O–H groups in total. The summed E-state index contributed by atoms with van der Waals surface area (Å²) in [6.07, 6.45) is 0. The fourth-order valence-corrected chi connectivity index (χ4v) is 3.91. The Morgan fingerprint density at radius 1 is 1.04 bits per heavy atom. The summed E-state index contributed by atoms with van der Waals surface area (Å²) in [5, 5.41) is 7.62. The first kappa shape index (κ1) is 20.4. The van der Waals surface area contributed by atoms with Crippen molar-refractivity contribution in [3.05, 3.63) is 42.5 Å². The van der Waals surface area contributed by atoms with Crippen LogP contribution in [0, 0.1) is 5.92 Å². The van der Waals surface area contributed by atoms with Crippen molar-refractivity contribution >= 4 is 26.7 Å². The number of benzene rings is 2. The van der Waals surface area contributed by atoms with Gasteiger partial charge in [0, 0.05) is 12.6 Å². The van der Waals surface area contributed by atoms with Gasteiger partial charge in [-0.05, 0) is 42.8 Å². The molecule has 0 spiro atoms. The number of carbonyl (C=O) groups is 1. The van der Waals surface area contributed by atoms with Gasteiger partial charge in [0.2, 0.25) is 15.9 Å². The largest absolute Gasteiger partial charge is 0.353 e. The van der Waals surface area contributed by atoms with Crippen LogP contribution in [0.25, 0.3) is 10.8 Å². The van der Waals surface area contributed by atoms with Gasteiger partial charge in [-0.2, -0.15) is 4.72 Å². The predicted octanol–water partition coefficient (Wildman–Crippen LogP) is 1.87. The van der Waals surface area contributed by atoms with Crippen LogP contribution in [-0.2, 0) is 14.8 Å². The van der Waals surface area contributed by atoms with Crippen molar-refractivity contribution in [1.82, 2.24) is 15.4 Å². The van der Waals surface area contributed by atoms with Crippen molar-refractivity contribution in [2.75, 3.05) is 13.6 Å². The molecule has 26 heavy (non-hydrogen) atoms. The van der Waals surface area contributed by atoms with Gasteiger partial charge in [-0.25, -0.2) is 8.42 Å². The van der Waals surface area contributed by atoms with Gasteiger partial charge in [-0.3, -0.25) is 4.79 Å². The molecule has 0 aliphatic rings. The maximum atomic E-state index is 12.8. The third-order valence-corrected chi connectivity index (χ3v) is 5.78. The lowest BCUT2D eigenvalue weighted by Crippen LogP contribution is -2.51. The summed E-state index contributed by atoms with van der Waals surface area (Å²) in [4.78, 5) is 12.6. The monoisotopic (exact) mass is 377 g/mol. The highest BCUT2D eigenvalue weighted by atomic mass is 32.2. The molecule has 2 aromatic carbocycles. The zero-order valence-corrected chi connectivity index (χ0v) is 16.4. The molecule has 0 bridgehead atoms. The number of carbonyl (C=O) groups excluding carboxylic acids is 1. The number of nitrogens with one attached hydrogen (secondary N) is 3. The number of likely N-dealkylation sites (N-methyl/N-ethyl adjacent to an activating group) is 1. The molecule has 7 heteroatoms. The SMILES string of the molecule is CNC(C)CNC(=O)C(NS(=O)(=O)c1ccc2ccccc2c1)C(C)C. The van der Waals surface area contributed by atoms with E-state index in [0.717, 1.165) is 10.8 Å². The van der Waals surface area contributed by atoms with Gasteiger partial charge >= 0.3 is 0 Å². The molecule has 0 saturated carbocycles. The molecule has 6 nitrogen and oxygen atoms in total. The van der Waals surface area contributed by atoms with Crippen LogP contribution in [0.2, 0.25) is 0 Å². The Bertz CT molecular complexity index is 865. The average molecular weight is 378 g/mol. The van der Waals surface area contributed by atoms with E-state index in [-0.39, 0.29) is 22.8 Å². The molecule has 0 heterocycles. The van der Waals surface area contributed by atoms with E-state index in [1.54, 1.807) is 25.2 Å². The summed E-state index contributed by atoms with van der Waals surface area (Å²) in [5.74, 6) is -0.512. The van der Waals surface area contributed by atoms with Gasteiger partial charge in [0.25, 0.3) is 0 Å². The Hall–Kier alpha value is -1.96. The number of rotatable bonds is 8. The molecular weight excluding hydrogens is 350 g/mol. The Balaban J connectivity index is 2.21. The molecule has 0 saturated heterocycles. The minimum Gasteiger partial charge on any atom is -0.353 e. The number of fused-ring (bicyclic) bond motifs is 1. The Morgan fingerprint density at radius 3 is 2.31 bits per heavy atom. The van der Waals surface area contributed by atoms with Crippen molar-refractivity contribution in [2.45, 2.75) is 37.8 Å². The van der Waals surface area contributed by atoms with E-state index in [0.29, 0.717) is 6.54 Å². The summed E-state index contributed by atoms with van der Waals surface area (Å²) < 4.78 is 28.1.